The van der Waals surface area contributed by atoms with Crippen LogP contribution in [-0.4, -0.2) is 9.13 Å². The Morgan fingerprint density at radius 3 is 1.59 bits per heavy atom. The van der Waals surface area contributed by atoms with Gasteiger partial charge in [0.05, 0.1) is 33.4 Å². The summed E-state index contributed by atoms with van der Waals surface area (Å²) in [7, 11) is 0. The lowest BCUT2D eigenvalue weighted by Crippen LogP contribution is -2.08. The standard InChI is InChI=1S/C55H36N2O/c1-2-14-36(15-3-1)37-17-12-18-40(32-37)42-19-6-9-23-48(42)56-49-24-10-7-21-44(49)46-33-38(28-30-51(46)56)39-29-31-52-47(34-39)45-22-8-11-25-50(45)57(52)53-26-13-27-54-55(53)43-20-5-4-16-41(43)35-58-54/h1-34H,35H2. The van der Waals surface area contributed by atoms with Crippen molar-refractivity contribution in [3.63, 3.8) is 0 Å². The summed E-state index contributed by atoms with van der Waals surface area (Å²) in [5.74, 6) is 0.926. The largest absolute Gasteiger partial charge is 0.488 e. The predicted molar refractivity (Wildman–Crippen MR) is 241 cm³/mol. The second kappa shape index (κ2) is 13.0. The molecule has 0 amide bonds. The van der Waals surface area contributed by atoms with Crippen molar-refractivity contribution in [1.82, 2.24) is 9.13 Å². The Labute approximate surface area is 336 Å². The van der Waals surface area contributed by atoms with Crippen LogP contribution in [0.4, 0.5) is 0 Å². The van der Waals surface area contributed by atoms with Crippen molar-refractivity contribution in [3.8, 4) is 61.6 Å². The van der Waals surface area contributed by atoms with Crippen molar-refractivity contribution in [2.75, 3.05) is 0 Å². The van der Waals surface area contributed by atoms with Gasteiger partial charge in [-0.25, -0.2) is 0 Å². The van der Waals surface area contributed by atoms with Crippen molar-refractivity contribution in [1.29, 1.82) is 0 Å². The number of fused-ring (bicyclic) bond motifs is 9. The van der Waals surface area contributed by atoms with E-state index in [1.807, 2.05) is 0 Å². The molecule has 1 aliphatic rings. The highest BCUT2D eigenvalue weighted by Crippen LogP contribution is 2.45. The lowest BCUT2D eigenvalue weighted by molar-refractivity contribution is 0.302. The molecule has 0 unspecified atom stereocenters. The van der Waals surface area contributed by atoms with Crippen LogP contribution < -0.4 is 4.74 Å². The molecular weight excluding hydrogens is 705 g/mol. The minimum atomic E-state index is 0.585. The lowest BCUT2D eigenvalue weighted by Gasteiger charge is -2.24. The molecule has 9 aromatic carbocycles. The van der Waals surface area contributed by atoms with Crippen LogP contribution in [0.25, 0.3) is 99.5 Å². The van der Waals surface area contributed by atoms with Crippen LogP contribution in [0.1, 0.15) is 5.56 Å². The SMILES string of the molecule is c1ccc(-c2cccc(-c3ccccc3-n3c4ccccc4c4cc(-c5ccc6c(c5)c5ccccc5n6-c5cccc6c5-c5ccccc5CO6)ccc43)c2)cc1. The van der Waals surface area contributed by atoms with Gasteiger partial charge in [-0.3, -0.25) is 0 Å². The summed E-state index contributed by atoms with van der Waals surface area (Å²) in [6.07, 6.45) is 0. The predicted octanol–water partition coefficient (Wildman–Crippen LogP) is 14.4. The third-order valence-electron chi connectivity index (χ3n) is 12.0. The van der Waals surface area contributed by atoms with Crippen molar-refractivity contribution in [2.45, 2.75) is 6.61 Å². The van der Waals surface area contributed by atoms with E-state index in [1.54, 1.807) is 0 Å². The second-order valence-electron chi connectivity index (χ2n) is 15.2. The van der Waals surface area contributed by atoms with Crippen LogP contribution in [0.15, 0.2) is 206 Å². The number of nitrogens with zero attached hydrogens (tertiary/aromatic N) is 2. The first kappa shape index (κ1) is 32.6. The number of benzene rings is 9. The lowest BCUT2D eigenvalue weighted by atomic mass is 9.95. The van der Waals surface area contributed by atoms with E-state index in [-0.39, 0.29) is 0 Å². The first-order valence-corrected chi connectivity index (χ1v) is 19.9. The van der Waals surface area contributed by atoms with Crippen molar-refractivity contribution in [3.05, 3.63) is 212 Å². The molecule has 3 heteroatoms. The van der Waals surface area contributed by atoms with Gasteiger partial charge in [0, 0.05) is 32.7 Å². The van der Waals surface area contributed by atoms with Crippen LogP contribution in [0.5, 0.6) is 5.75 Å². The second-order valence-corrected chi connectivity index (χ2v) is 15.2. The zero-order valence-electron chi connectivity index (χ0n) is 31.6. The molecule has 272 valence electrons. The highest BCUT2D eigenvalue weighted by molar-refractivity contribution is 6.13. The average molecular weight is 741 g/mol. The molecule has 58 heavy (non-hydrogen) atoms. The van der Waals surface area contributed by atoms with Crippen molar-refractivity contribution >= 4 is 43.6 Å². The molecule has 1 aliphatic heterocycles. The zero-order valence-corrected chi connectivity index (χ0v) is 31.6. The highest BCUT2D eigenvalue weighted by atomic mass is 16.5. The van der Waals surface area contributed by atoms with Crippen LogP contribution in [-0.2, 0) is 6.61 Å². The number of hydrogen-bond acceptors (Lipinski definition) is 1. The van der Waals surface area contributed by atoms with Gasteiger partial charge in [-0.1, -0.05) is 146 Å². The van der Waals surface area contributed by atoms with E-state index >= 15 is 0 Å². The molecule has 2 aromatic heterocycles. The summed E-state index contributed by atoms with van der Waals surface area (Å²) < 4.78 is 11.2. The Bertz CT molecular complexity index is 3400. The van der Waals surface area contributed by atoms with Crippen molar-refractivity contribution < 1.29 is 4.74 Å². The molecule has 0 N–H and O–H groups in total. The van der Waals surface area contributed by atoms with Gasteiger partial charge in [-0.2, -0.15) is 0 Å². The summed E-state index contributed by atoms with van der Waals surface area (Å²) in [6.45, 7) is 0.585. The summed E-state index contributed by atoms with van der Waals surface area (Å²) in [5, 5.41) is 4.93. The monoisotopic (exact) mass is 740 g/mol. The Balaban J connectivity index is 1.02. The van der Waals surface area contributed by atoms with E-state index in [0.29, 0.717) is 6.61 Å². The summed E-state index contributed by atoms with van der Waals surface area (Å²) in [6, 6.07) is 74.9. The normalized spacial score (nSPS) is 12.2. The van der Waals surface area contributed by atoms with Crippen LogP contribution >= 0.6 is 0 Å². The van der Waals surface area contributed by atoms with Gasteiger partial charge in [-0.05, 0) is 99.6 Å². The molecule has 0 spiro atoms. The Hall–Kier alpha value is -7.62. The molecule has 0 fully saturated rings. The van der Waals surface area contributed by atoms with E-state index in [1.165, 1.54) is 88.1 Å². The van der Waals surface area contributed by atoms with Gasteiger partial charge < -0.3 is 13.9 Å². The fourth-order valence-corrected chi connectivity index (χ4v) is 9.38. The van der Waals surface area contributed by atoms with Gasteiger partial charge in [0.1, 0.15) is 12.4 Å². The van der Waals surface area contributed by atoms with E-state index < -0.39 is 0 Å². The first-order chi connectivity index (χ1) is 28.8. The van der Waals surface area contributed by atoms with Crippen molar-refractivity contribution in [2.24, 2.45) is 0 Å². The molecule has 3 nitrogen and oxygen atoms in total. The van der Waals surface area contributed by atoms with Gasteiger partial charge in [-0.15, -0.1) is 0 Å². The molecule has 12 rings (SSSR count). The topological polar surface area (TPSA) is 19.1 Å². The van der Waals surface area contributed by atoms with Crippen LogP contribution in [0, 0.1) is 0 Å². The Morgan fingerprint density at radius 1 is 0.328 bits per heavy atom. The maximum absolute atomic E-state index is 6.32. The number of rotatable bonds is 5. The Kier molecular flexibility index (Phi) is 7.29. The third-order valence-corrected chi connectivity index (χ3v) is 12.0. The molecular formula is C55H36N2O. The number of ether oxygens (including phenoxy) is 1. The molecule has 0 saturated carbocycles. The smallest absolute Gasteiger partial charge is 0.129 e. The Morgan fingerprint density at radius 2 is 0.845 bits per heavy atom. The van der Waals surface area contributed by atoms with E-state index in [0.717, 1.165) is 22.7 Å². The molecule has 0 aliphatic carbocycles. The van der Waals surface area contributed by atoms with Gasteiger partial charge in [0.25, 0.3) is 0 Å². The number of para-hydroxylation sites is 3. The summed E-state index contributed by atoms with van der Waals surface area (Å²) in [5.41, 5.74) is 17.8. The molecule has 0 saturated heterocycles. The van der Waals surface area contributed by atoms with Gasteiger partial charge in [0.2, 0.25) is 0 Å². The maximum atomic E-state index is 6.32. The maximum Gasteiger partial charge on any atom is 0.129 e. The van der Waals surface area contributed by atoms with E-state index in [2.05, 4.69) is 215 Å². The number of hydrogen-bond donors (Lipinski definition) is 0. The molecule has 0 bridgehead atoms. The fourth-order valence-electron chi connectivity index (χ4n) is 9.38. The van der Waals surface area contributed by atoms with Crippen LogP contribution in [0.2, 0.25) is 0 Å². The van der Waals surface area contributed by atoms with Gasteiger partial charge in [0.15, 0.2) is 0 Å². The minimum Gasteiger partial charge on any atom is -0.488 e. The van der Waals surface area contributed by atoms with E-state index in [9.17, 15) is 0 Å². The highest BCUT2D eigenvalue weighted by Gasteiger charge is 2.24. The summed E-state index contributed by atoms with van der Waals surface area (Å²) in [4.78, 5) is 0. The van der Waals surface area contributed by atoms with E-state index in [4.69, 9.17) is 4.74 Å². The fraction of sp³-hybridized carbons (Fsp3) is 0.0182. The molecule has 3 heterocycles. The zero-order chi connectivity index (χ0) is 38.2. The first-order valence-electron chi connectivity index (χ1n) is 19.9. The molecule has 0 radical (unpaired) electrons. The average Bonchev–Trinajstić information content (AvgIpc) is 3.81. The number of aromatic nitrogens is 2. The quantitative estimate of drug-likeness (QED) is 0.172. The molecule has 11 aromatic rings. The minimum absolute atomic E-state index is 0.585. The summed E-state index contributed by atoms with van der Waals surface area (Å²) >= 11 is 0. The van der Waals surface area contributed by atoms with Crippen LogP contribution in [0.3, 0.4) is 0 Å². The third kappa shape index (κ3) is 5.00. The van der Waals surface area contributed by atoms with Gasteiger partial charge >= 0.3 is 0 Å². The molecule has 0 atom stereocenters.